The summed E-state index contributed by atoms with van der Waals surface area (Å²) < 4.78 is 7.23. The molecule has 1 N–H and O–H groups in total. The number of thioether (sulfide) groups is 1. The third-order valence-corrected chi connectivity index (χ3v) is 7.11. The van der Waals surface area contributed by atoms with Gasteiger partial charge in [0.2, 0.25) is 5.91 Å². The second kappa shape index (κ2) is 12.3. The topological polar surface area (TPSA) is 86.1 Å². The lowest BCUT2D eigenvalue weighted by Gasteiger charge is -2.09. The van der Waals surface area contributed by atoms with Crippen molar-refractivity contribution >= 4 is 40.0 Å². The van der Waals surface area contributed by atoms with Crippen LogP contribution in [0, 0.1) is 0 Å². The fourth-order valence-corrected chi connectivity index (χ4v) is 5.37. The number of nitrogens with one attached hydrogen (secondary N) is 1. The number of carbonyl (C=O) groups is 2. The zero-order valence-corrected chi connectivity index (χ0v) is 21.5. The van der Waals surface area contributed by atoms with E-state index in [0.29, 0.717) is 28.7 Å². The number of aromatic nitrogens is 3. The van der Waals surface area contributed by atoms with E-state index in [4.69, 9.17) is 4.74 Å². The van der Waals surface area contributed by atoms with Gasteiger partial charge in [0.15, 0.2) is 5.16 Å². The molecule has 9 heteroatoms. The van der Waals surface area contributed by atoms with Crippen molar-refractivity contribution in [1.29, 1.82) is 0 Å². The number of carbonyl (C=O) groups excluding carboxylic acids is 2. The first-order valence-electron chi connectivity index (χ1n) is 11.4. The molecule has 0 unspecified atom stereocenters. The molecule has 0 atom stereocenters. The Morgan fingerprint density at radius 1 is 1.11 bits per heavy atom. The van der Waals surface area contributed by atoms with Gasteiger partial charge in [-0.1, -0.05) is 78.5 Å². The van der Waals surface area contributed by atoms with Crippen molar-refractivity contribution in [2.75, 3.05) is 17.7 Å². The quantitative estimate of drug-likeness (QED) is 0.156. The molecule has 0 saturated heterocycles. The Morgan fingerprint density at radius 3 is 2.53 bits per heavy atom. The van der Waals surface area contributed by atoms with Crippen LogP contribution < -0.4 is 5.32 Å². The van der Waals surface area contributed by atoms with Crippen molar-refractivity contribution in [3.8, 4) is 11.1 Å². The highest BCUT2D eigenvalue weighted by Gasteiger charge is 2.23. The summed E-state index contributed by atoms with van der Waals surface area (Å²) in [4.78, 5) is 25.6. The fourth-order valence-electron chi connectivity index (χ4n) is 3.63. The number of anilines is 1. The summed E-state index contributed by atoms with van der Waals surface area (Å²) in [5, 5.41) is 14.5. The second-order valence-corrected chi connectivity index (χ2v) is 9.56. The molecule has 2 aromatic heterocycles. The molecule has 36 heavy (non-hydrogen) atoms. The smallest absolute Gasteiger partial charge is 0.341 e. The number of amides is 1. The molecule has 2 aromatic carbocycles. The van der Waals surface area contributed by atoms with Crippen LogP contribution in [0.4, 0.5) is 5.00 Å². The first kappa shape index (κ1) is 25.4. The lowest BCUT2D eigenvalue weighted by Crippen LogP contribution is -2.17. The van der Waals surface area contributed by atoms with Crippen LogP contribution in [-0.2, 0) is 22.5 Å². The van der Waals surface area contributed by atoms with E-state index in [1.54, 1.807) is 13.0 Å². The number of ether oxygens (including phenoxy) is 1. The number of thiophene rings is 1. The van der Waals surface area contributed by atoms with E-state index in [-0.39, 0.29) is 18.3 Å². The van der Waals surface area contributed by atoms with Gasteiger partial charge in [-0.2, -0.15) is 0 Å². The Kier molecular flexibility index (Phi) is 8.70. The van der Waals surface area contributed by atoms with Crippen LogP contribution in [0.5, 0.6) is 0 Å². The van der Waals surface area contributed by atoms with Gasteiger partial charge < -0.3 is 14.6 Å². The largest absolute Gasteiger partial charge is 0.462 e. The lowest BCUT2D eigenvalue weighted by molar-refractivity contribution is -0.113. The molecule has 0 aliphatic carbocycles. The van der Waals surface area contributed by atoms with E-state index < -0.39 is 5.97 Å². The number of hydrogen-bond donors (Lipinski definition) is 1. The van der Waals surface area contributed by atoms with Crippen LogP contribution in [0.1, 0.15) is 28.7 Å². The number of nitrogens with zero attached hydrogens (tertiary/aromatic N) is 3. The summed E-state index contributed by atoms with van der Waals surface area (Å²) in [6.07, 6.45) is 2.42. The second-order valence-electron chi connectivity index (χ2n) is 7.74. The minimum absolute atomic E-state index is 0.113. The zero-order valence-electron chi connectivity index (χ0n) is 19.8. The van der Waals surface area contributed by atoms with E-state index in [0.717, 1.165) is 22.5 Å². The Morgan fingerprint density at radius 2 is 1.83 bits per heavy atom. The predicted molar refractivity (Wildman–Crippen MR) is 145 cm³/mol. The Labute approximate surface area is 218 Å². The van der Waals surface area contributed by atoms with Crippen molar-refractivity contribution < 1.29 is 14.3 Å². The highest BCUT2D eigenvalue weighted by Crippen LogP contribution is 2.36. The van der Waals surface area contributed by atoms with Gasteiger partial charge in [0, 0.05) is 23.9 Å². The van der Waals surface area contributed by atoms with E-state index in [2.05, 4.69) is 22.1 Å². The molecule has 7 nitrogen and oxygen atoms in total. The van der Waals surface area contributed by atoms with Gasteiger partial charge in [0.1, 0.15) is 16.4 Å². The Hall–Kier alpha value is -3.69. The van der Waals surface area contributed by atoms with E-state index in [1.807, 2.05) is 70.6 Å². The average molecular weight is 519 g/mol. The number of allylic oxidation sites excluding steroid dienone is 1. The lowest BCUT2D eigenvalue weighted by atomic mass is 10.0. The van der Waals surface area contributed by atoms with Crippen LogP contribution in [0.3, 0.4) is 0 Å². The zero-order chi connectivity index (χ0) is 25.3. The molecule has 0 radical (unpaired) electrons. The van der Waals surface area contributed by atoms with Crippen molar-refractivity contribution in [2.24, 2.45) is 0 Å². The molecule has 0 aliphatic heterocycles. The van der Waals surface area contributed by atoms with Crippen molar-refractivity contribution in [1.82, 2.24) is 14.8 Å². The first-order chi connectivity index (χ1) is 17.6. The molecule has 0 fully saturated rings. The number of esters is 1. The van der Waals surface area contributed by atoms with Crippen LogP contribution >= 0.6 is 23.1 Å². The van der Waals surface area contributed by atoms with Gasteiger partial charge in [-0.05, 0) is 18.1 Å². The molecular formula is C27H26N4O3S2. The molecule has 2 heterocycles. The van der Waals surface area contributed by atoms with Gasteiger partial charge in [-0.3, -0.25) is 4.79 Å². The third-order valence-electron chi connectivity index (χ3n) is 5.25. The molecular weight excluding hydrogens is 492 g/mol. The van der Waals surface area contributed by atoms with Gasteiger partial charge in [0.25, 0.3) is 0 Å². The number of rotatable bonds is 11. The minimum Gasteiger partial charge on any atom is -0.462 e. The highest BCUT2D eigenvalue weighted by molar-refractivity contribution is 7.99. The fraction of sp³-hybridized carbons (Fsp3) is 0.185. The van der Waals surface area contributed by atoms with E-state index in [1.165, 1.54) is 23.1 Å². The van der Waals surface area contributed by atoms with E-state index in [9.17, 15) is 9.59 Å². The predicted octanol–water partition coefficient (Wildman–Crippen LogP) is 5.69. The maximum atomic E-state index is 12.9. The Balaban J connectivity index is 1.48. The average Bonchev–Trinajstić information content (AvgIpc) is 3.48. The van der Waals surface area contributed by atoms with Crippen LogP contribution in [-0.4, -0.2) is 39.0 Å². The normalized spacial score (nSPS) is 10.7. The molecule has 184 valence electrons. The maximum Gasteiger partial charge on any atom is 0.341 e. The molecule has 4 aromatic rings. The molecule has 4 rings (SSSR count). The first-order valence-corrected chi connectivity index (χ1v) is 13.3. The third kappa shape index (κ3) is 6.10. The number of hydrogen-bond acceptors (Lipinski definition) is 7. The summed E-state index contributed by atoms with van der Waals surface area (Å²) in [7, 11) is 0. The summed E-state index contributed by atoms with van der Waals surface area (Å²) in [6.45, 7) is 6.38. The monoisotopic (exact) mass is 518 g/mol. The van der Waals surface area contributed by atoms with Crippen LogP contribution in [0.15, 0.2) is 83.9 Å². The van der Waals surface area contributed by atoms with Gasteiger partial charge in [-0.15, -0.1) is 28.1 Å². The summed E-state index contributed by atoms with van der Waals surface area (Å²) in [5.41, 5.74) is 3.11. The Bertz CT molecular complexity index is 1330. The van der Waals surface area contributed by atoms with E-state index >= 15 is 0 Å². The molecule has 0 bridgehead atoms. The SMILES string of the molecule is C=CCn1c(Cc2ccccc2)nnc1SCC(=O)Nc1scc(-c2ccccc2)c1C(=O)OCC. The summed E-state index contributed by atoms with van der Waals surface area (Å²) in [6, 6.07) is 19.6. The molecule has 0 aliphatic rings. The molecule has 0 saturated carbocycles. The standard InChI is InChI=1S/C27H26N4O3S2/c1-3-15-31-22(16-19-11-7-5-8-12-19)29-30-27(31)36-18-23(32)28-25-24(26(33)34-4-2)21(17-35-25)20-13-9-6-10-14-20/h3,5-14,17H,1,4,15-16,18H2,2H3,(H,28,32). The van der Waals surface area contributed by atoms with Crippen LogP contribution in [0.2, 0.25) is 0 Å². The summed E-state index contributed by atoms with van der Waals surface area (Å²) in [5.74, 6) is 0.211. The van der Waals surface area contributed by atoms with Crippen molar-refractivity contribution in [2.45, 2.75) is 25.0 Å². The molecule has 0 spiro atoms. The van der Waals surface area contributed by atoms with Gasteiger partial charge in [0.05, 0.1) is 12.4 Å². The van der Waals surface area contributed by atoms with Crippen LogP contribution in [0.25, 0.3) is 11.1 Å². The van der Waals surface area contributed by atoms with Crippen molar-refractivity contribution in [3.05, 3.63) is 95.6 Å². The minimum atomic E-state index is -0.461. The summed E-state index contributed by atoms with van der Waals surface area (Å²) >= 11 is 2.59. The maximum absolute atomic E-state index is 12.9. The van der Waals surface area contributed by atoms with Gasteiger partial charge in [-0.25, -0.2) is 4.79 Å². The molecule has 1 amide bonds. The van der Waals surface area contributed by atoms with Gasteiger partial charge >= 0.3 is 5.97 Å². The highest BCUT2D eigenvalue weighted by atomic mass is 32.2. The number of benzene rings is 2. The van der Waals surface area contributed by atoms with Crippen molar-refractivity contribution in [3.63, 3.8) is 0 Å².